The molecule has 4 nitrogen and oxygen atoms in total. The predicted molar refractivity (Wildman–Crippen MR) is 86.2 cm³/mol. The van der Waals surface area contributed by atoms with Crippen molar-refractivity contribution in [3.63, 3.8) is 0 Å². The molecule has 1 N–H and O–H groups in total. The van der Waals surface area contributed by atoms with E-state index in [2.05, 4.69) is 28.3 Å². The Kier molecular flexibility index (Phi) is 5.81. The molecule has 2 rings (SSSR count). The van der Waals surface area contributed by atoms with E-state index in [1.807, 2.05) is 18.2 Å². The molecule has 0 aliphatic carbocycles. The van der Waals surface area contributed by atoms with Gasteiger partial charge in [0.05, 0.1) is 7.11 Å². The maximum atomic E-state index is 6.14. The van der Waals surface area contributed by atoms with E-state index in [0.29, 0.717) is 5.15 Å². The molecule has 0 spiro atoms. The molecular weight excluding hydrogens is 286 g/mol. The van der Waals surface area contributed by atoms with Gasteiger partial charge in [-0.1, -0.05) is 43.1 Å². The lowest BCUT2D eigenvalue weighted by molar-refractivity contribution is 0.410. The Morgan fingerprint density at radius 1 is 1.19 bits per heavy atom. The third-order valence-electron chi connectivity index (χ3n) is 3.27. The van der Waals surface area contributed by atoms with Gasteiger partial charge >= 0.3 is 0 Å². The molecule has 112 valence electrons. The lowest BCUT2D eigenvalue weighted by Crippen LogP contribution is -2.10. The molecule has 5 heteroatoms. The average molecular weight is 306 g/mol. The molecule has 0 saturated heterocycles. The summed E-state index contributed by atoms with van der Waals surface area (Å²) < 4.78 is 5.35. The van der Waals surface area contributed by atoms with Crippen molar-refractivity contribution in [2.24, 2.45) is 0 Å². The first-order chi connectivity index (χ1) is 10.3. The lowest BCUT2D eigenvalue weighted by atomic mass is 10.1. The van der Waals surface area contributed by atoms with E-state index < -0.39 is 0 Å². The minimum Gasteiger partial charge on any atom is -0.496 e. The van der Waals surface area contributed by atoms with Crippen LogP contribution in [0.2, 0.25) is 5.15 Å². The zero-order valence-electron chi connectivity index (χ0n) is 12.4. The first kappa shape index (κ1) is 15.6. The second kappa shape index (κ2) is 7.84. The number of anilines is 1. The van der Waals surface area contributed by atoms with Crippen molar-refractivity contribution < 1.29 is 4.74 Å². The topological polar surface area (TPSA) is 47.0 Å². The van der Waals surface area contributed by atoms with E-state index in [9.17, 15) is 0 Å². The van der Waals surface area contributed by atoms with Gasteiger partial charge in [-0.2, -0.15) is 0 Å². The maximum absolute atomic E-state index is 6.14. The Balaban J connectivity index is 2.02. The van der Waals surface area contributed by atoms with E-state index in [-0.39, 0.29) is 0 Å². The van der Waals surface area contributed by atoms with Crippen molar-refractivity contribution in [3.8, 4) is 5.75 Å². The molecule has 2 aromatic rings. The molecule has 0 atom stereocenters. The van der Waals surface area contributed by atoms with Crippen LogP contribution in [0.15, 0.2) is 30.6 Å². The van der Waals surface area contributed by atoms with Crippen LogP contribution in [0, 0.1) is 0 Å². The zero-order chi connectivity index (χ0) is 15.1. The number of halogens is 1. The van der Waals surface area contributed by atoms with Crippen LogP contribution in [-0.2, 0) is 12.8 Å². The van der Waals surface area contributed by atoms with Crippen LogP contribution in [0.4, 0.5) is 5.82 Å². The average Bonchev–Trinajstić information content (AvgIpc) is 2.51. The molecule has 0 aliphatic heterocycles. The summed E-state index contributed by atoms with van der Waals surface area (Å²) in [7, 11) is 1.69. The number of methoxy groups -OCH3 is 1. The van der Waals surface area contributed by atoms with Gasteiger partial charge in [0, 0.05) is 12.1 Å². The zero-order valence-corrected chi connectivity index (χ0v) is 13.2. The fourth-order valence-electron chi connectivity index (χ4n) is 2.24. The van der Waals surface area contributed by atoms with Crippen molar-refractivity contribution in [2.45, 2.75) is 26.2 Å². The van der Waals surface area contributed by atoms with Gasteiger partial charge in [-0.15, -0.1) is 0 Å². The van der Waals surface area contributed by atoms with Gasteiger partial charge in [0.1, 0.15) is 23.0 Å². The Morgan fingerprint density at radius 2 is 2.00 bits per heavy atom. The van der Waals surface area contributed by atoms with Crippen LogP contribution in [0.1, 0.15) is 24.5 Å². The highest BCUT2D eigenvalue weighted by molar-refractivity contribution is 6.30. The van der Waals surface area contributed by atoms with Crippen LogP contribution >= 0.6 is 11.6 Å². The fraction of sp³-hybridized carbons (Fsp3) is 0.375. The van der Waals surface area contributed by atoms with E-state index in [0.717, 1.165) is 42.9 Å². The fourth-order valence-corrected chi connectivity index (χ4v) is 2.47. The maximum Gasteiger partial charge on any atom is 0.137 e. The smallest absolute Gasteiger partial charge is 0.137 e. The summed E-state index contributed by atoms with van der Waals surface area (Å²) in [5.74, 6) is 1.74. The van der Waals surface area contributed by atoms with Gasteiger partial charge in [-0.3, -0.25) is 0 Å². The van der Waals surface area contributed by atoms with Crippen LogP contribution in [-0.4, -0.2) is 23.6 Å². The van der Waals surface area contributed by atoms with Crippen LogP contribution in [0.5, 0.6) is 5.75 Å². The summed E-state index contributed by atoms with van der Waals surface area (Å²) >= 11 is 6.14. The molecule has 1 aromatic carbocycles. The molecule has 0 radical (unpaired) electrons. The summed E-state index contributed by atoms with van der Waals surface area (Å²) in [6, 6.07) is 8.03. The normalized spacial score (nSPS) is 10.4. The Hall–Kier alpha value is -1.81. The first-order valence-electron chi connectivity index (χ1n) is 7.11. The number of aromatic nitrogens is 2. The number of rotatable bonds is 7. The van der Waals surface area contributed by atoms with Crippen molar-refractivity contribution >= 4 is 17.4 Å². The molecule has 0 amide bonds. The summed E-state index contributed by atoms with van der Waals surface area (Å²) in [6.07, 6.45) is 4.23. The third kappa shape index (κ3) is 4.08. The van der Waals surface area contributed by atoms with Gasteiger partial charge in [-0.05, 0) is 24.5 Å². The largest absolute Gasteiger partial charge is 0.496 e. The number of nitrogens with zero attached hydrogens (tertiary/aromatic N) is 2. The van der Waals surface area contributed by atoms with E-state index in [1.54, 1.807) is 7.11 Å². The quantitative estimate of drug-likeness (QED) is 0.792. The standard InChI is InChI=1S/C16H20ClN3O/c1-3-6-13-15(17)19-11-20-16(13)18-10-9-12-7-4-5-8-14(12)21-2/h4-5,7-8,11H,3,6,9-10H2,1-2H3,(H,18,19,20). The molecule has 1 heterocycles. The van der Waals surface area contributed by atoms with Crippen LogP contribution in [0.3, 0.4) is 0 Å². The monoisotopic (exact) mass is 305 g/mol. The molecule has 0 unspecified atom stereocenters. The second-order valence-electron chi connectivity index (χ2n) is 4.73. The Labute approximate surface area is 130 Å². The van der Waals surface area contributed by atoms with Crippen molar-refractivity contribution in [1.29, 1.82) is 0 Å². The summed E-state index contributed by atoms with van der Waals surface area (Å²) in [5.41, 5.74) is 2.16. The molecular formula is C16H20ClN3O. The minimum absolute atomic E-state index is 0.534. The molecule has 1 aromatic heterocycles. The predicted octanol–water partition coefficient (Wildman–Crippen LogP) is 3.75. The Bertz CT molecular complexity index is 589. The number of para-hydroxylation sites is 1. The molecule has 0 saturated carbocycles. The highest BCUT2D eigenvalue weighted by Gasteiger charge is 2.09. The van der Waals surface area contributed by atoms with Crippen molar-refractivity contribution in [1.82, 2.24) is 9.97 Å². The van der Waals surface area contributed by atoms with Gasteiger partial charge in [0.2, 0.25) is 0 Å². The highest BCUT2D eigenvalue weighted by Crippen LogP contribution is 2.22. The number of ether oxygens (including phenoxy) is 1. The third-order valence-corrected chi connectivity index (χ3v) is 3.60. The minimum atomic E-state index is 0.534. The Morgan fingerprint density at radius 3 is 2.76 bits per heavy atom. The SMILES string of the molecule is CCCc1c(Cl)ncnc1NCCc1ccccc1OC. The van der Waals surface area contributed by atoms with E-state index >= 15 is 0 Å². The second-order valence-corrected chi connectivity index (χ2v) is 5.09. The van der Waals surface area contributed by atoms with Gasteiger partial charge in [0.15, 0.2) is 0 Å². The van der Waals surface area contributed by atoms with Gasteiger partial charge in [0.25, 0.3) is 0 Å². The van der Waals surface area contributed by atoms with Gasteiger partial charge in [-0.25, -0.2) is 9.97 Å². The summed E-state index contributed by atoms with van der Waals surface area (Å²) in [4.78, 5) is 8.34. The van der Waals surface area contributed by atoms with Crippen LogP contribution < -0.4 is 10.1 Å². The molecule has 0 aliphatic rings. The first-order valence-corrected chi connectivity index (χ1v) is 7.49. The van der Waals surface area contributed by atoms with Crippen molar-refractivity contribution in [3.05, 3.63) is 46.9 Å². The van der Waals surface area contributed by atoms with E-state index in [1.165, 1.54) is 11.9 Å². The molecule has 21 heavy (non-hydrogen) atoms. The number of hydrogen-bond acceptors (Lipinski definition) is 4. The van der Waals surface area contributed by atoms with E-state index in [4.69, 9.17) is 16.3 Å². The summed E-state index contributed by atoms with van der Waals surface area (Å²) in [6.45, 7) is 2.88. The number of hydrogen-bond donors (Lipinski definition) is 1. The van der Waals surface area contributed by atoms with Crippen LogP contribution in [0.25, 0.3) is 0 Å². The lowest BCUT2D eigenvalue weighted by Gasteiger charge is -2.12. The molecule has 0 fully saturated rings. The summed E-state index contributed by atoms with van der Waals surface area (Å²) in [5, 5.41) is 3.88. The number of nitrogens with one attached hydrogen (secondary N) is 1. The van der Waals surface area contributed by atoms with Gasteiger partial charge < -0.3 is 10.1 Å². The van der Waals surface area contributed by atoms with Crippen molar-refractivity contribution in [2.75, 3.05) is 19.0 Å². The number of benzene rings is 1. The highest BCUT2D eigenvalue weighted by atomic mass is 35.5. The molecule has 0 bridgehead atoms.